The molecule has 2 unspecified atom stereocenters. The van der Waals surface area contributed by atoms with Crippen molar-refractivity contribution >= 4 is 36.9 Å². The smallest absolute Gasteiger partial charge is 0.269 e. The standard InChI is InChI=1S/C29H31N3O5S2/c1-21-15-22(2)20-31(19-21)38(34,35)26-13-14-27-24(16-26)17-28(29(33)30-18-23-9-5-3-6-10-23)32(27)39(36,37)25-11-7-4-8-12-25/h3-14,16-17,21-22H,15,18-20H2,1-2H3,(H,30,33). The molecule has 1 saturated heterocycles. The summed E-state index contributed by atoms with van der Waals surface area (Å²) in [7, 11) is -7.97. The summed E-state index contributed by atoms with van der Waals surface area (Å²) in [4.78, 5) is 13.5. The lowest BCUT2D eigenvalue weighted by Gasteiger charge is -2.34. The van der Waals surface area contributed by atoms with Crippen LogP contribution in [0.5, 0.6) is 0 Å². The summed E-state index contributed by atoms with van der Waals surface area (Å²) < 4.78 is 57.1. The van der Waals surface area contributed by atoms with Gasteiger partial charge in [0.2, 0.25) is 10.0 Å². The van der Waals surface area contributed by atoms with Crippen molar-refractivity contribution in [3.63, 3.8) is 0 Å². The van der Waals surface area contributed by atoms with Crippen molar-refractivity contribution in [1.29, 1.82) is 0 Å². The third-order valence-corrected chi connectivity index (χ3v) is 10.6. The molecule has 0 radical (unpaired) electrons. The summed E-state index contributed by atoms with van der Waals surface area (Å²) in [5.74, 6) is -0.105. The molecule has 2 heterocycles. The van der Waals surface area contributed by atoms with Gasteiger partial charge in [-0.25, -0.2) is 20.8 Å². The number of rotatable bonds is 7. The van der Waals surface area contributed by atoms with Crippen LogP contribution in [0.1, 0.15) is 36.3 Å². The number of piperidine rings is 1. The lowest BCUT2D eigenvalue weighted by atomic mass is 9.94. The number of nitrogens with zero attached hydrogens (tertiary/aromatic N) is 2. The highest BCUT2D eigenvalue weighted by atomic mass is 32.2. The van der Waals surface area contributed by atoms with E-state index in [0.717, 1.165) is 16.0 Å². The van der Waals surface area contributed by atoms with Gasteiger partial charge in [0.25, 0.3) is 15.9 Å². The van der Waals surface area contributed by atoms with Crippen molar-refractivity contribution in [3.05, 3.63) is 96.2 Å². The van der Waals surface area contributed by atoms with Crippen LogP contribution < -0.4 is 5.32 Å². The van der Waals surface area contributed by atoms with Gasteiger partial charge in [-0.1, -0.05) is 62.4 Å². The molecule has 10 heteroatoms. The third kappa shape index (κ3) is 5.36. The van der Waals surface area contributed by atoms with Crippen molar-refractivity contribution in [2.24, 2.45) is 11.8 Å². The van der Waals surface area contributed by atoms with Gasteiger partial charge in [-0.05, 0) is 60.2 Å². The number of carbonyl (C=O) groups is 1. The van der Waals surface area contributed by atoms with Gasteiger partial charge in [0.15, 0.2) is 0 Å². The molecular formula is C29H31N3O5S2. The fourth-order valence-corrected chi connectivity index (χ4v) is 8.51. The van der Waals surface area contributed by atoms with Crippen molar-refractivity contribution in [3.8, 4) is 0 Å². The summed E-state index contributed by atoms with van der Waals surface area (Å²) in [6.45, 7) is 5.15. The molecule has 0 bridgehead atoms. The zero-order valence-electron chi connectivity index (χ0n) is 21.8. The van der Waals surface area contributed by atoms with Crippen LogP contribution in [0.15, 0.2) is 94.7 Å². The van der Waals surface area contributed by atoms with E-state index in [9.17, 15) is 21.6 Å². The van der Waals surface area contributed by atoms with Gasteiger partial charge < -0.3 is 5.32 Å². The normalized spacial score (nSPS) is 18.7. The Morgan fingerprint density at radius 1 is 0.795 bits per heavy atom. The number of hydrogen-bond donors (Lipinski definition) is 1. The first-order valence-electron chi connectivity index (χ1n) is 12.9. The van der Waals surface area contributed by atoms with E-state index < -0.39 is 26.0 Å². The molecule has 204 valence electrons. The van der Waals surface area contributed by atoms with Gasteiger partial charge in [0, 0.05) is 25.0 Å². The number of nitrogens with one attached hydrogen (secondary N) is 1. The van der Waals surface area contributed by atoms with E-state index in [2.05, 4.69) is 5.32 Å². The van der Waals surface area contributed by atoms with E-state index in [1.54, 1.807) is 18.2 Å². The monoisotopic (exact) mass is 565 g/mol. The lowest BCUT2D eigenvalue weighted by Crippen LogP contribution is -2.42. The highest BCUT2D eigenvalue weighted by Gasteiger charge is 2.33. The van der Waals surface area contributed by atoms with Crippen molar-refractivity contribution in [1.82, 2.24) is 13.6 Å². The Labute approximate surface area is 229 Å². The van der Waals surface area contributed by atoms with Gasteiger partial charge in [0.05, 0.1) is 15.3 Å². The van der Waals surface area contributed by atoms with Crippen LogP contribution in [0, 0.1) is 11.8 Å². The Balaban J connectivity index is 1.59. The third-order valence-electron chi connectivity index (χ3n) is 7.01. The number of benzene rings is 3. The van der Waals surface area contributed by atoms with Crippen molar-refractivity contribution in [2.45, 2.75) is 36.6 Å². The molecular weight excluding hydrogens is 534 g/mol. The molecule has 1 fully saturated rings. The predicted octanol–water partition coefficient (Wildman–Crippen LogP) is 4.47. The number of hydrogen-bond acceptors (Lipinski definition) is 5. The van der Waals surface area contributed by atoms with Crippen LogP contribution in [0.25, 0.3) is 10.9 Å². The first-order valence-corrected chi connectivity index (χ1v) is 15.7. The van der Waals surface area contributed by atoms with Crippen LogP contribution >= 0.6 is 0 Å². The first-order chi connectivity index (χ1) is 18.6. The Morgan fingerprint density at radius 3 is 2.05 bits per heavy atom. The zero-order chi connectivity index (χ0) is 27.8. The van der Waals surface area contributed by atoms with Crippen LogP contribution in [-0.2, 0) is 26.6 Å². The second-order valence-electron chi connectivity index (χ2n) is 10.3. The highest BCUT2D eigenvalue weighted by molar-refractivity contribution is 7.90. The molecule has 0 spiro atoms. The summed E-state index contributed by atoms with van der Waals surface area (Å²) in [6, 6.07) is 22.9. The number of sulfonamides is 1. The van der Waals surface area contributed by atoms with E-state index in [4.69, 9.17) is 0 Å². The summed E-state index contributed by atoms with van der Waals surface area (Å²) >= 11 is 0. The molecule has 5 rings (SSSR count). The van der Waals surface area contributed by atoms with Gasteiger partial charge >= 0.3 is 0 Å². The molecule has 2 atom stereocenters. The van der Waals surface area contributed by atoms with Crippen LogP contribution in [0.4, 0.5) is 0 Å². The first kappa shape index (κ1) is 27.1. The molecule has 39 heavy (non-hydrogen) atoms. The van der Waals surface area contributed by atoms with Gasteiger partial charge in [-0.2, -0.15) is 4.31 Å². The van der Waals surface area contributed by atoms with Gasteiger partial charge in [0.1, 0.15) is 5.69 Å². The zero-order valence-corrected chi connectivity index (χ0v) is 23.5. The van der Waals surface area contributed by atoms with E-state index in [-0.39, 0.29) is 39.4 Å². The number of fused-ring (bicyclic) bond motifs is 1. The largest absolute Gasteiger partial charge is 0.347 e. The average molecular weight is 566 g/mol. The Morgan fingerprint density at radius 2 is 1.41 bits per heavy atom. The fraction of sp³-hybridized carbons (Fsp3) is 0.276. The van der Waals surface area contributed by atoms with Crippen molar-refractivity contribution in [2.75, 3.05) is 13.1 Å². The van der Waals surface area contributed by atoms with E-state index in [1.165, 1.54) is 40.7 Å². The summed E-state index contributed by atoms with van der Waals surface area (Å²) in [6.07, 6.45) is 0.965. The van der Waals surface area contributed by atoms with Crippen molar-refractivity contribution < 1.29 is 21.6 Å². The molecule has 1 aliphatic rings. The maximum absolute atomic E-state index is 13.8. The maximum Gasteiger partial charge on any atom is 0.269 e. The molecule has 8 nitrogen and oxygen atoms in total. The molecule has 1 N–H and O–H groups in total. The minimum Gasteiger partial charge on any atom is -0.347 e. The van der Waals surface area contributed by atoms with E-state index >= 15 is 0 Å². The van der Waals surface area contributed by atoms with Gasteiger partial charge in [-0.3, -0.25) is 4.79 Å². The molecule has 0 aliphatic carbocycles. The molecule has 1 amide bonds. The predicted molar refractivity (Wildman–Crippen MR) is 150 cm³/mol. The van der Waals surface area contributed by atoms with E-state index in [0.29, 0.717) is 18.5 Å². The van der Waals surface area contributed by atoms with Crippen LogP contribution in [0.2, 0.25) is 0 Å². The Hall–Kier alpha value is -3.47. The molecule has 1 aliphatic heterocycles. The quantitative estimate of drug-likeness (QED) is 0.356. The number of aromatic nitrogens is 1. The second kappa shape index (κ2) is 10.6. The van der Waals surface area contributed by atoms with Crippen LogP contribution in [-0.4, -0.2) is 44.1 Å². The minimum absolute atomic E-state index is 0.0209. The maximum atomic E-state index is 13.8. The second-order valence-corrected chi connectivity index (χ2v) is 14.0. The average Bonchev–Trinajstić information content (AvgIpc) is 3.32. The number of amides is 1. The Kier molecular flexibility index (Phi) is 7.37. The fourth-order valence-electron chi connectivity index (χ4n) is 5.26. The molecule has 4 aromatic rings. The molecule has 3 aromatic carbocycles. The topological polar surface area (TPSA) is 106 Å². The molecule has 0 saturated carbocycles. The van der Waals surface area contributed by atoms with Gasteiger partial charge in [-0.15, -0.1) is 0 Å². The highest BCUT2D eigenvalue weighted by Crippen LogP contribution is 2.31. The lowest BCUT2D eigenvalue weighted by molar-refractivity contribution is 0.0945. The van der Waals surface area contributed by atoms with E-state index in [1.807, 2.05) is 44.2 Å². The SMILES string of the molecule is CC1CC(C)CN(S(=O)(=O)c2ccc3c(c2)cc(C(=O)NCc2ccccc2)n3S(=O)(=O)c2ccccc2)C1. The van der Waals surface area contributed by atoms with Crippen LogP contribution in [0.3, 0.4) is 0 Å². The minimum atomic E-state index is -4.17. The summed E-state index contributed by atoms with van der Waals surface area (Å²) in [5.41, 5.74) is 0.986. The summed E-state index contributed by atoms with van der Waals surface area (Å²) in [5, 5.41) is 3.14. The number of carbonyl (C=O) groups excluding carboxylic acids is 1. The Bertz CT molecular complexity index is 1710. The molecule has 1 aromatic heterocycles.